The van der Waals surface area contributed by atoms with Gasteiger partial charge < -0.3 is 28.8 Å². The van der Waals surface area contributed by atoms with Crippen LogP contribution in [-0.2, 0) is 18.4 Å². The van der Waals surface area contributed by atoms with Crippen LogP contribution in [0.4, 0.5) is 0 Å². The molecule has 63 heavy (non-hydrogen) atoms. The van der Waals surface area contributed by atoms with Crippen LogP contribution < -0.4 is 10.2 Å². The molecule has 0 rings (SSSR count). The number of allylic oxidation sites excluding steroid dienone is 7. The number of aliphatic hydroxyl groups is 1. The van der Waals surface area contributed by atoms with Gasteiger partial charge in [-0.25, -0.2) is 0 Å². The van der Waals surface area contributed by atoms with Gasteiger partial charge in [0.2, 0.25) is 5.91 Å². The SMILES string of the molecule is CCCCCCCC/C=C/CC/C=C/CC/C=C/C(O)C(COP(=O)([O-])OCC[N+](C)(C)C)NC(=O)CCCCCCCCCCC/C=C\CCCCCCCCCCCCCC. The molecule has 2 N–H and O–H groups in total. The van der Waals surface area contributed by atoms with Gasteiger partial charge in [0.1, 0.15) is 13.2 Å². The third kappa shape index (κ3) is 48.2. The fraction of sp³-hybridized carbons (Fsp3) is 0.833. The lowest BCUT2D eigenvalue weighted by Gasteiger charge is -2.29. The van der Waals surface area contributed by atoms with Crippen LogP contribution in [0.1, 0.15) is 239 Å². The number of nitrogens with zero attached hydrogens (tertiary/aromatic N) is 1. The van der Waals surface area contributed by atoms with Gasteiger partial charge >= 0.3 is 0 Å². The van der Waals surface area contributed by atoms with E-state index >= 15 is 0 Å². The first-order valence-corrected chi connectivity index (χ1v) is 28.0. The molecule has 0 heterocycles. The summed E-state index contributed by atoms with van der Waals surface area (Å²) in [6.45, 7) is 4.62. The highest BCUT2D eigenvalue weighted by atomic mass is 31.2. The summed E-state index contributed by atoms with van der Waals surface area (Å²) in [6.07, 6.45) is 58.9. The fourth-order valence-electron chi connectivity index (χ4n) is 7.53. The average Bonchev–Trinajstić information content (AvgIpc) is 3.24. The summed E-state index contributed by atoms with van der Waals surface area (Å²) in [6, 6.07) is -0.911. The van der Waals surface area contributed by atoms with Gasteiger partial charge in [0.25, 0.3) is 7.82 Å². The van der Waals surface area contributed by atoms with E-state index in [-0.39, 0.29) is 12.5 Å². The first-order valence-electron chi connectivity index (χ1n) is 26.5. The Morgan fingerprint density at radius 3 is 1.29 bits per heavy atom. The molecule has 0 aromatic carbocycles. The van der Waals surface area contributed by atoms with E-state index in [4.69, 9.17) is 9.05 Å². The molecule has 3 unspecified atom stereocenters. The highest BCUT2D eigenvalue weighted by molar-refractivity contribution is 7.45. The van der Waals surface area contributed by atoms with Crippen LogP contribution in [0, 0.1) is 0 Å². The van der Waals surface area contributed by atoms with Crippen molar-refractivity contribution >= 4 is 13.7 Å². The number of aliphatic hydroxyl groups excluding tert-OH is 1. The standard InChI is InChI=1S/C54H103N2O6P/c1-6-8-10-12-14-16-18-20-22-24-25-26-27-28-29-30-31-32-34-36-38-40-42-44-46-48-54(58)55-52(51-62-63(59,60)61-50-49-56(3,4)5)53(57)47-45-43-41-39-37-35-33-23-21-19-17-15-13-11-9-7-2/h21,23,28-29,37,39,45,47,52-53,57H,6-20,22,24-27,30-36,38,40-44,46,48-51H2,1-5H3,(H-,55,58,59,60)/b23-21+,29-28-,39-37+,47-45+. The molecule has 0 aromatic heterocycles. The van der Waals surface area contributed by atoms with Crippen molar-refractivity contribution in [3.8, 4) is 0 Å². The van der Waals surface area contributed by atoms with Crippen LogP contribution in [0.2, 0.25) is 0 Å². The lowest BCUT2D eigenvalue weighted by molar-refractivity contribution is -0.870. The summed E-state index contributed by atoms with van der Waals surface area (Å²) in [4.78, 5) is 25.4. The summed E-state index contributed by atoms with van der Waals surface area (Å²) < 4.78 is 23.3. The minimum Gasteiger partial charge on any atom is -0.756 e. The molecule has 0 spiro atoms. The smallest absolute Gasteiger partial charge is 0.268 e. The number of carbonyl (C=O) groups excluding carboxylic acids is 1. The molecule has 0 aromatic rings. The largest absolute Gasteiger partial charge is 0.756 e. The maximum atomic E-state index is 12.9. The molecule has 3 atom stereocenters. The van der Waals surface area contributed by atoms with Gasteiger partial charge in [0.15, 0.2) is 0 Å². The zero-order valence-electron chi connectivity index (χ0n) is 42.0. The number of phosphoric acid groups is 1. The highest BCUT2D eigenvalue weighted by Gasteiger charge is 2.23. The molecule has 370 valence electrons. The zero-order valence-corrected chi connectivity index (χ0v) is 42.9. The van der Waals surface area contributed by atoms with Crippen molar-refractivity contribution in [2.24, 2.45) is 0 Å². The Bertz CT molecular complexity index is 1170. The molecule has 0 saturated carbocycles. The number of quaternary nitrogens is 1. The highest BCUT2D eigenvalue weighted by Crippen LogP contribution is 2.38. The molecule has 0 aliphatic heterocycles. The van der Waals surface area contributed by atoms with Crippen molar-refractivity contribution in [1.29, 1.82) is 0 Å². The third-order valence-corrected chi connectivity index (χ3v) is 12.7. The molecule has 8 nitrogen and oxygen atoms in total. The van der Waals surface area contributed by atoms with E-state index < -0.39 is 26.6 Å². The molecule has 0 saturated heterocycles. The van der Waals surface area contributed by atoms with E-state index in [9.17, 15) is 19.4 Å². The second-order valence-electron chi connectivity index (χ2n) is 19.2. The Kier molecular flexibility index (Phi) is 44.5. The van der Waals surface area contributed by atoms with Gasteiger partial charge in [-0.15, -0.1) is 0 Å². The summed E-state index contributed by atoms with van der Waals surface area (Å²) in [5, 5.41) is 13.8. The van der Waals surface area contributed by atoms with Crippen LogP contribution in [0.25, 0.3) is 0 Å². The Hall–Kier alpha value is -1.54. The zero-order chi connectivity index (χ0) is 46.4. The maximum Gasteiger partial charge on any atom is 0.268 e. The average molecular weight is 907 g/mol. The molecular weight excluding hydrogens is 804 g/mol. The van der Waals surface area contributed by atoms with E-state index in [1.165, 1.54) is 173 Å². The van der Waals surface area contributed by atoms with Gasteiger partial charge in [-0.05, 0) is 70.6 Å². The molecule has 0 aliphatic carbocycles. The number of likely N-dealkylation sites (N-methyl/N-ethyl adjacent to an activating group) is 1. The van der Waals surface area contributed by atoms with Crippen LogP contribution in [0.5, 0.6) is 0 Å². The second kappa shape index (κ2) is 45.6. The van der Waals surface area contributed by atoms with Crippen molar-refractivity contribution in [3.05, 3.63) is 48.6 Å². The number of amides is 1. The van der Waals surface area contributed by atoms with E-state index in [1.54, 1.807) is 6.08 Å². The molecule has 9 heteroatoms. The normalized spacial score (nSPS) is 14.5. The topological polar surface area (TPSA) is 108 Å². The van der Waals surface area contributed by atoms with Crippen molar-refractivity contribution in [3.63, 3.8) is 0 Å². The van der Waals surface area contributed by atoms with Gasteiger partial charge in [-0.1, -0.05) is 210 Å². The van der Waals surface area contributed by atoms with Gasteiger partial charge in [0.05, 0.1) is 39.9 Å². The number of nitrogens with one attached hydrogen (secondary N) is 1. The summed E-state index contributed by atoms with van der Waals surface area (Å²) in [7, 11) is 1.23. The fourth-order valence-corrected chi connectivity index (χ4v) is 8.26. The van der Waals surface area contributed by atoms with Gasteiger partial charge in [-0.3, -0.25) is 9.36 Å². The number of hydrogen-bond donors (Lipinski definition) is 2. The molecule has 1 amide bonds. The van der Waals surface area contributed by atoms with Crippen LogP contribution in [0.3, 0.4) is 0 Å². The Balaban J connectivity index is 4.28. The minimum absolute atomic E-state index is 0.00998. The summed E-state index contributed by atoms with van der Waals surface area (Å²) in [5.41, 5.74) is 0. The van der Waals surface area contributed by atoms with Gasteiger partial charge in [-0.2, -0.15) is 0 Å². The third-order valence-electron chi connectivity index (χ3n) is 11.7. The molecule has 0 radical (unpaired) electrons. The molecule has 0 fully saturated rings. The molecule has 0 bridgehead atoms. The van der Waals surface area contributed by atoms with Crippen molar-refractivity contribution in [2.75, 3.05) is 40.9 Å². The predicted octanol–water partition coefficient (Wildman–Crippen LogP) is 15.0. The number of hydrogen-bond acceptors (Lipinski definition) is 6. The lowest BCUT2D eigenvalue weighted by atomic mass is 10.0. The van der Waals surface area contributed by atoms with E-state index in [0.29, 0.717) is 17.4 Å². The van der Waals surface area contributed by atoms with Crippen molar-refractivity contribution in [1.82, 2.24) is 5.32 Å². The Morgan fingerprint density at radius 2 is 0.889 bits per heavy atom. The van der Waals surface area contributed by atoms with Gasteiger partial charge in [0, 0.05) is 6.42 Å². The Morgan fingerprint density at radius 1 is 0.540 bits per heavy atom. The number of rotatable bonds is 48. The maximum absolute atomic E-state index is 12.9. The second-order valence-corrected chi connectivity index (χ2v) is 20.6. The summed E-state index contributed by atoms with van der Waals surface area (Å²) in [5.74, 6) is -0.213. The van der Waals surface area contributed by atoms with E-state index in [0.717, 1.165) is 44.9 Å². The quantitative estimate of drug-likeness (QED) is 0.0272. The monoisotopic (exact) mass is 907 g/mol. The van der Waals surface area contributed by atoms with Crippen molar-refractivity contribution in [2.45, 2.75) is 251 Å². The van der Waals surface area contributed by atoms with Crippen LogP contribution in [-0.4, -0.2) is 68.5 Å². The number of phosphoric ester groups is 1. The van der Waals surface area contributed by atoms with Crippen LogP contribution >= 0.6 is 7.82 Å². The number of carbonyl (C=O) groups is 1. The Labute approximate surface area is 390 Å². The molecule has 0 aliphatic rings. The predicted molar refractivity (Wildman–Crippen MR) is 270 cm³/mol. The first kappa shape index (κ1) is 61.5. The van der Waals surface area contributed by atoms with E-state index in [2.05, 4.69) is 55.6 Å². The summed E-state index contributed by atoms with van der Waals surface area (Å²) >= 11 is 0. The number of unbranched alkanes of at least 4 members (excludes halogenated alkanes) is 29. The first-order chi connectivity index (χ1) is 30.5. The van der Waals surface area contributed by atoms with Crippen LogP contribution in [0.15, 0.2) is 48.6 Å². The van der Waals surface area contributed by atoms with E-state index in [1.807, 2.05) is 27.2 Å². The minimum atomic E-state index is -4.61. The lowest BCUT2D eigenvalue weighted by Crippen LogP contribution is -2.45. The molecular formula is C54H103N2O6P. The van der Waals surface area contributed by atoms with Crippen molar-refractivity contribution < 1.29 is 32.9 Å².